The maximum atomic E-state index is 12.8. The molecule has 0 aliphatic carbocycles. The van der Waals surface area contributed by atoms with Gasteiger partial charge in [0.05, 0.1) is 18.6 Å². The van der Waals surface area contributed by atoms with Gasteiger partial charge in [-0.3, -0.25) is 9.69 Å². The first-order chi connectivity index (χ1) is 13.8. The van der Waals surface area contributed by atoms with Crippen molar-refractivity contribution in [3.63, 3.8) is 0 Å². The average Bonchev–Trinajstić information content (AvgIpc) is 3.42. The minimum Gasteiger partial charge on any atom is -0.475 e. The number of carboxylic acid groups (broad SMARTS) is 1. The molecule has 3 aliphatic rings. The Morgan fingerprint density at radius 2 is 2.00 bits per heavy atom. The van der Waals surface area contributed by atoms with E-state index in [9.17, 15) is 18.0 Å². The van der Waals surface area contributed by atoms with Gasteiger partial charge in [0.1, 0.15) is 5.01 Å². The van der Waals surface area contributed by atoms with E-state index >= 15 is 0 Å². The van der Waals surface area contributed by atoms with Gasteiger partial charge in [0, 0.05) is 43.9 Å². The second kappa shape index (κ2) is 9.40. The largest absolute Gasteiger partial charge is 0.490 e. The van der Waals surface area contributed by atoms with Crippen molar-refractivity contribution in [2.75, 3.05) is 26.2 Å². The highest BCUT2D eigenvalue weighted by Gasteiger charge is 2.43. The van der Waals surface area contributed by atoms with Crippen LogP contribution in [0.3, 0.4) is 0 Å². The Bertz CT molecular complexity index is 695. The third-order valence-corrected chi connectivity index (χ3v) is 6.21. The van der Waals surface area contributed by atoms with Crippen LogP contribution in [0.1, 0.15) is 30.7 Å². The number of carboxylic acids is 1. The van der Waals surface area contributed by atoms with Crippen molar-refractivity contribution in [3.8, 4) is 0 Å². The van der Waals surface area contributed by atoms with Gasteiger partial charge in [-0.1, -0.05) is 0 Å². The zero-order valence-electron chi connectivity index (χ0n) is 15.8. The summed E-state index contributed by atoms with van der Waals surface area (Å²) in [6.07, 6.45) is 1.30. The Hall–Kier alpha value is -1.72. The predicted molar refractivity (Wildman–Crippen MR) is 98.3 cm³/mol. The van der Waals surface area contributed by atoms with Crippen LogP contribution < -0.4 is 0 Å². The summed E-state index contributed by atoms with van der Waals surface area (Å²) in [5.41, 5.74) is 0. The van der Waals surface area contributed by atoms with E-state index in [0.29, 0.717) is 11.9 Å². The number of hydrogen-bond acceptors (Lipinski definition) is 6. The fraction of sp³-hybridized carbons (Fsp3) is 0.722. The molecule has 0 bridgehead atoms. The van der Waals surface area contributed by atoms with Crippen molar-refractivity contribution in [2.45, 2.75) is 50.6 Å². The summed E-state index contributed by atoms with van der Waals surface area (Å²) in [4.78, 5) is 30.6. The van der Waals surface area contributed by atoms with E-state index in [1.165, 1.54) is 0 Å². The molecule has 7 nitrogen and oxygen atoms in total. The standard InChI is InChI=1S/C16H23N3O2S.C2HF3O2/c20-16(18-5-1-2-6-18)12-9-14-13(3-7-21-14)19(10-12)11-15-17-4-8-22-15;3-2(4,5)1(6)7/h4,8,12-14H,1-3,5-7,9-11H2;(H,6,7)/t12-,13+,14+;/m0./s1. The number of carbonyl (C=O) groups is 2. The normalized spacial score (nSPS) is 27.3. The molecule has 162 valence electrons. The number of piperidine rings is 1. The van der Waals surface area contributed by atoms with Crippen molar-refractivity contribution in [1.82, 2.24) is 14.8 Å². The number of aliphatic carboxylic acids is 1. The van der Waals surface area contributed by atoms with Crippen LogP contribution in [-0.2, 0) is 20.9 Å². The van der Waals surface area contributed by atoms with Gasteiger partial charge in [-0.15, -0.1) is 11.3 Å². The number of aromatic nitrogens is 1. The first kappa shape index (κ1) is 22.0. The first-order valence-electron chi connectivity index (χ1n) is 9.58. The Morgan fingerprint density at radius 1 is 1.31 bits per heavy atom. The Balaban J connectivity index is 0.000000298. The molecule has 0 spiro atoms. The van der Waals surface area contributed by atoms with E-state index in [-0.39, 0.29) is 12.0 Å². The monoisotopic (exact) mass is 435 g/mol. The van der Waals surface area contributed by atoms with Crippen molar-refractivity contribution >= 4 is 23.2 Å². The van der Waals surface area contributed by atoms with E-state index < -0.39 is 12.1 Å². The average molecular weight is 435 g/mol. The topological polar surface area (TPSA) is 83.0 Å². The number of carbonyl (C=O) groups excluding carboxylic acids is 1. The van der Waals surface area contributed by atoms with Crippen LogP contribution in [0.15, 0.2) is 11.6 Å². The van der Waals surface area contributed by atoms with Crippen molar-refractivity contribution in [2.24, 2.45) is 5.92 Å². The zero-order chi connectivity index (χ0) is 21.0. The van der Waals surface area contributed by atoms with Gasteiger partial charge in [0.2, 0.25) is 5.91 Å². The Kier molecular flexibility index (Phi) is 7.12. The molecule has 0 unspecified atom stereocenters. The van der Waals surface area contributed by atoms with Crippen molar-refractivity contribution in [3.05, 3.63) is 16.6 Å². The molecule has 3 saturated heterocycles. The third-order valence-electron chi connectivity index (χ3n) is 5.45. The molecule has 4 rings (SSSR count). The maximum absolute atomic E-state index is 12.8. The molecule has 1 amide bonds. The lowest BCUT2D eigenvalue weighted by Gasteiger charge is -2.40. The molecule has 1 N–H and O–H groups in total. The highest BCUT2D eigenvalue weighted by Crippen LogP contribution is 2.33. The van der Waals surface area contributed by atoms with E-state index in [4.69, 9.17) is 14.6 Å². The summed E-state index contributed by atoms with van der Waals surface area (Å²) in [5, 5.41) is 10.3. The van der Waals surface area contributed by atoms with Crippen LogP contribution in [0, 0.1) is 5.92 Å². The summed E-state index contributed by atoms with van der Waals surface area (Å²) < 4.78 is 37.7. The molecule has 3 aliphatic heterocycles. The van der Waals surface area contributed by atoms with Gasteiger partial charge < -0.3 is 14.7 Å². The number of ether oxygens (including phenoxy) is 1. The lowest BCUT2D eigenvalue weighted by atomic mass is 9.89. The highest BCUT2D eigenvalue weighted by molar-refractivity contribution is 7.09. The molecule has 4 heterocycles. The first-order valence-corrected chi connectivity index (χ1v) is 10.5. The van der Waals surface area contributed by atoms with Crippen LogP contribution in [-0.4, -0.2) is 76.3 Å². The molecule has 11 heteroatoms. The van der Waals surface area contributed by atoms with Crippen LogP contribution in [0.4, 0.5) is 13.2 Å². The van der Waals surface area contributed by atoms with Gasteiger partial charge in [-0.05, 0) is 25.7 Å². The lowest BCUT2D eigenvalue weighted by molar-refractivity contribution is -0.192. The molecule has 1 aromatic rings. The summed E-state index contributed by atoms with van der Waals surface area (Å²) >= 11 is 1.70. The Morgan fingerprint density at radius 3 is 2.59 bits per heavy atom. The molecule has 1 aromatic heterocycles. The number of fused-ring (bicyclic) bond motifs is 1. The molecule has 3 atom stereocenters. The molecule has 0 aromatic carbocycles. The minimum atomic E-state index is -5.08. The van der Waals surface area contributed by atoms with Crippen LogP contribution in [0.25, 0.3) is 0 Å². The van der Waals surface area contributed by atoms with Crippen LogP contribution in [0.2, 0.25) is 0 Å². The number of amides is 1. The summed E-state index contributed by atoms with van der Waals surface area (Å²) in [6.45, 7) is 4.42. The van der Waals surface area contributed by atoms with Gasteiger partial charge in [0.25, 0.3) is 0 Å². The summed E-state index contributed by atoms with van der Waals surface area (Å²) in [7, 11) is 0. The number of alkyl halides is 3. The molecule has 3 fully saturated rings. The zero-order valence-corrected chi connectivity index (χ0v) is 16.6. The van der Waals surface area contributed by atoms with Gasteiger partial charge in [-0.2, -0.15) is 13.2 Å². The molecule has 0 radical (unpaired) electrons. The Labute approximate surface area is 170 Å². The van der Waals surface area contributed by atoms with E-state index in [2.05, 4.69) is 14.8 Å². The fourth-order valence-electron chi connectivity index (χ4n) is 4.11. The van der Waals surface area contributed by atoms with Crippen molar-refractivity contribution < 1.29 is 32.6 Å². The smallest absolute Gasteiger partial charge is 0.475 e. The third kappa shape index (κ3) is 5.67. The van der Waals surface area contributed by atoms with E-state index in [0.717, 1.165) is 63.5 Å². The number of nitrogens with zero attached hydrogens (tertiary/aromatic N) is 3. The van der Waals surface area contributed by atoms with Crippen LogP contribution in [0.5, 0.6) is 0 Å². The second-order valence-electron chi connectivity index (χ2n) is 7.39. The molecule has 0 saturated carbocycles. The SMILES string of the molecule is O=C(O)C(F)(F)F.O=C([C@H]1C[C@H]2OCC[C@H]2N(Cc2nccs2)C1)N1CCCC1. The second-order valence-corrected chi connectivity index (χ2v) is 8.37. The predicted octanol–water partition coefficient (Wildman–Crippen LogP) is 2.38. The highest BCUT2D eigenvalue weighted by atomic mass is 32.1. The van der Waals surface area contributed by atoms with Crippen LogP contribution >= 0.6 is 11.3 Å². The van der Waals surface area contributed by atoms with E-state index in [1.807, 2.05) is 11.6 Å². The fourth-order valence-corrected chi connectivity index (χ4v) is 4.76. The molecule has 29 heavy (non-hydrogen) atoms. The lowest BCUT2D eigenvalue weighted by Crippen LogP contribution is -2.52. The number of hydrogen-bond donors (Lipinski definition) is 1. The maximum Gasteiger partial charge on any atom is 0.490 e. The van der Waals surface area contributed by atoms with Gasteiger partial charge in [-0.25, -0.2) is 9.78 Å². The van der Waals surface area contributed by atoms with Gasteiger partial charge in [0.15, 0.2) is 0 Å². The van der Waals surface area contributed by atoms with Crippen molar-refractivity contribution in [1.29, 1.82) is 0 Å². The number of likely N-dealkylation sites (tertiary alicyclic amines) is 2. The quantitative estimate of drug-likeness (QED) is 0.785. The number of rotatable bonds is 3. The molecular weight excluding hydrogens is 411 g/mol. The molecular formula is C18H24F3N3O4S. The number of halogens is 3. The summed E-state index contributed by atoms with van der Waals surface area (Å²) in [5.74, 6) is -2.32. The number of thiazole rings is 1. The minimum absolute atomic E-state index is 0.0948. The van der Waals surface area contributed by atoms with Gasteiger partial charge >= 0.3 is 12.1 Å². The summed E-state index contributed by atoms with van der Waals surface area (Å²) in [6, 6.07) is 0.464. The van der Waals surface area contributed by atoms with E-state index in [1.54, 1.807) is 11.3 Å².